The maximum atomic E-state index is 12.4. The Balaban J connectivity index is 0.00000456. The second-order valence-electron chi connectivity index (χ2n) is 8.06. The Kier molecular flexibility index (Phi) is 12.7. The first-order chi connectivity index (χ1) is 17.0. The predicted molar refractivity (Wildman–Crippen MR) is 132 cm³/mol. The fourth-order valence-corrected chi connectivity index (χ4v) is 3.56. The number of amides is 2. The maximum absolute atomic E-state index is 12.4. The Hall–Kier alpha value is -3.20. The van der Waals surface area contributed by atoms with Crippen LogP contribution in [0.2, 0.25) is 0 Å². The summed E-state index contributed by atoms with van der Waals surface area (Å²) in [5, 5.41) is 19.7. The molecule has 0 saturated carbocycles. The van der Waals surface area contributed by atoms with Crippen LogP contribution in [0.3, 0.4) is 0 Å². The summed E-state index contributed by atoms with van der Waals surface area (Å²) in [5.74, 6) is -1.18. The molecule has 1 heterocycles. The summed E-state index contributed by atoms with van der Waals surface area (Å²) >= 11 is 0. The van der Waals surface area contributed by atoms with Gasteiger partial charge in [-0.25, -0.2) is 4.98 Å². The molecule has 3 N–H and O–H groups in total. The van der Waals surface area contributed by atoms with Crippen LogP contribution in [0.1, 0.15) is 37.3 Å². The summed E-state index contributed by atoms with van der Waals surface area (Å²) < 4.78 is 0. The van der Waals surface area contributed by atoms with Crippen molar-refractivity contribution in [3.8, 4) is 11.1 Å². The van der Waals surface area contributed by atoms with E-state index in [-0.39, 0.29) is 48.4 Å². The fraction of sp³-hybridized carbons (Fsp3) is 0.259. The molecule has 1 unspecified atom stereocenters. The zero-order valence-electron chi connectivity index (χ0n) is 20.4. The van der Waals surface area contributed by atoms with Gasteiger partial charge in [0.2, 0.25) is 11.8 Å². The van der Waals surface area contributed by atoms with Gasteiger partial charge in [-0.3, -0.25) is 9.59 Å². The van der Waals surface area contributed by atoms with Crippen molar-refractivity contribution in [2.24, 2.45) is 0 Å². The first-order valence-corrected chi connectivity index (χ1v) is 11.6. The zero-order valence-corrected chi connectivity index (χ0v) is 22.4. The molecule has 0 aliphatic heterocycles. The standard InChI is InChI=1S/C27H30N4O4.Na/c32-25(11-5-7-17-29-24-10-4-6-16-28-24)30-19-26(33)31-23(18-27(34)35)22-14-12-21(13-15-22)20-8-2-1-3-9-20;/h1-4,6,8-10,12-16,23H,5,7,11,17-19H2,(H,28,29)(H,30,32)(H,31,33)(H,34,35);/q;+1/p-1. The number of nitrogens with one attached hydrogen (secondary N) is 3. The van der Waals surface area contributed by atoms with Crippen LogP contribution >= 0.6 is 0 Å². The van der Waals surface area contributed by atoms with Gasteiger partial charge in [-0.2, -0.15) is 0 Å². The van der Waals surface area contributed by atoms with Crippen molar-refractivity contribution in [2.45, 2.75) is 31.7 Å². The fourth-order valence-electron chi connectivity index (χ4n) is 3.56. The third-order valence-electron chi connectivity index (χ3n) is 5.37. The van der Waals surface area contributed by atoms with Crippen molar-refractivity contribution in [3.05, 3.63) is 84.6 Å². The number of unbranched alkanes of at least 4 members (excludes halogenated alkanes) is 1. The van der Waals surface area contributed by atoms with Gasteiger partial charge in [-0.1, -0.05) is 60.7 Å². The Morgan fingerprint density at radius 1 is 0.833 bits per heavy atom. The van der Waals surface area contributed by atoms with Gasteiger partial charge >= 0.3 is 29.6 Å². The van der Waals surface area contributed by atoms with E-state index in [9.17, 15) is 19.5 Å². The van der Waals surface area contributed by atoms with Gasteiger partial charge in [0.1, 0.15) is 5.82 Å². The minimum Gasteiger partial charge on any atom is -0.550 e. The van der Waals surface area contributed by atoms with E-state index in [0.29, 0.717) is 24.9 Å². The molecule has 182 valence electrons. The number of hydrogen-bond acceptors (Lipinski definition) is 6. The molecular weight excluding hydrogens is 467 g/mol. The van der Waals surface area contributed by atoms with E-state index < -0.39 is 17.9 Å². The second-order valence-corrected chi connectivity index (χ2v) is 8.06. The third-order valence-corrected chi connectivity index (χ3v) is 5.37. The number of rotatable bonds is 13. The summed E-state index contributed by atoms with van der Waals surface area (Å²) in [6.07, 6.45) is 3.07. The van der Waals surface area contributed by atoms with Gasteiger partial charge in [0, 0.05) is 31.6 Å². The number of anilines is 1. The van der Waals surface area contributed by atoms with Crippen LogP contribution in [-0.4, -0.2) is 35.9 Å². The number of nitrogens with zero attached hydrogens (tertiary/aromatic N) is 1. The number of pyridine rings is 1. The molecule has 2 aromatic carbocycles. The van der Waals surface area contributed by atoms with Crippen LogP contribution < -0.4 is 50.6 Å². The van der Waals surface area contributed by atoms with Crippen molar-refractivity contribution in [1.82, 2.24) is 15.6 Å². The number of carbonyl (C=O) groups is 3. The van der Waals surface area contributed by atoms with Crippen molar-refractivity contribution in [2.75, 3.05) is 18.4 Å². The van der Waals surface area contributed by atoms with Crippen molar-refractivity contribution in [3.63, 3.8) is 0 Å². The van der Waals surface area contributed by atoms with E-state index in [2.05, 4.69) is 20.9 Å². The van der Waals surface area contributed by atoms with Crippen LogP contribution in [0.15, 0.2) is 79.0 Å². The number of aliphatic carboxylic acids is 1. The molecule has 3 aromatic rings. The average Bonchev–Trinajstić information content (AvgIpc) is 2.88. The molecule has 2 amide bonds. The first-order valence-electron chi connectivity index (χ1n) is 11.6. The van der Waals surface area contributed by atoms with Gasteiger partial charge in [-0.05, 0) is 41.7 Å². The number of hydrogen-bond donors (Lipinski definition) is 3. The second kappa shape index (κ2) is 15.7. The first kappa shape index (κ1) is 29.0. The molecule has 0 fully saturated rings. The quantitative estimate of drug-likeness (QED) is 0.216. The summed E-state index contributed by atoms with van der Waals surface area (Å²) in [6.45, 7) is 0.468. The Morgan fingerprint density at radius 2 is 1.53 bits per heavy atom. The van der Waals surface area contributed by atoms with E-state index in [0.717, 1.165) is 23.4 Å². The number of benzene rings is 2. The Labute approximate surface area is 233 Å². The molecular formula is C27H29N4NaO4. The SMILES string of the molecule is O=C([O-])CC(NC(=O)CNC(=O)CCCCNc1ccccn1)c1ccc(-c2ccccc2)cc1.[Na+]. The molecule has 1 atom stereocenters. The number of carboxylic acids is 1. The molecule has 9 heteroatoms. The summed E-state index contributed by atoms with van der Waals surface area (Å²) in [7, 11) is 0. The zero-order chi connectivity index (χ0) is 24.9. The van der Waals surface area contributed by atoms with Gasteiger partial charge in [0.15, 0.2) is 0 Å². The van der Waals surface area contributed by atoms with E-state index >= 15 is 0 Å². The van der Waals surface area contributed by atoms with Gasteiger partial charge in [0.25, 0.3) is 0 Å². The number of carbonyl (C=O) groups excluding carboxylic acids is 3. The third kappa shape index (κ3) is 10.2. The van der Waals surface area contributed by atoms with Gasteiger partial charge in [-0.15, -0.1) is 0 Å². The van der Waals surface area contributed by atoms with Crippen molar-refractivity contribution >= 4 is 23.6 Å². The molecule has 1 aromatic heterocycles. The van der Waals surface area contributed by atoms with Gasteiger partial charge < -0.3 is 25.9 Å². The number of carboxylic acid groups (broad SMARTS) is 1. The Bertz CT molecular complexity index is 1100. The maximum Gasteiger partial charge on any atom is 1.00 e. The van der Waals surface area contributed by atoms with Crippen molar-refractivity contribution < 1.29 is 49.0 Å². The predicted octanol–water partition coefficient (Wildman–Crippen LogP) is -0.551. The molecule has 0 bridgehead atoms. The van der Waals surface area contributed by atoms with Crippen LogP contribution in [0.5, 0.6) is 0 Å². The normalized spacial score (nSPS) is 11.0. The number of aromatic nitrogens is 1. The molecule has 8 nitrogen and oxygen atoms in total. The van der Waals surface area contributed by atoms with E-state index in [1.165, 1.54) is 0 Å². The minimum atomic E-state index is -1.27. The van der Waals surface area contributed by atoms with Crippen molar-refractivity contribution in [1.29, 1.82) is 0 Å². The van der Waals surface area contributed by atoms with Crippen LogP contribution in [-0.2, 0) is 14.4 Å². The van der Waals surface area contributed by atoms with E-state index in [4.69, 9.17) is 0 Å². The summed E-state index contributed by atoms with van der Waals surface area (Å²) in [5.41, 5.74) is 2.67. The smallest absolute Gasteiger partial charge is 0.550 e. The molecule has 0 aliphatic rings. The van der Waals surface area contributed by atoms with Gasteiger partial charge in [0.05, 0.1) is 12.6 Å². The molecule has 0 spiro atoms. The summed E-state index contributed by atoms with van der Waals surface area (Å²) in [4.78, 5) is 39.8. The Morgan fingerprint density at radius 3 is 2.19 bits per heavy atom. The monoisotopic (exact) mass is 496 g/mol. The van der Waals surface area contributed by atoms with Crippen LogP contribution in [0, 0.1) is 0 Å². The van der Waals surface area contributed by atoms with E-state index in [1.807, 2.05) is 60.7 Å². The van der Waals surface area contributed by atoms with Crippen LogP contribution in [0.25, 0.3) is 11.1 Å². The molecule has 36 heavy (non-hydrogen) atoms. The minimum absolute atomic E-state index is 0. The van der Waals surface area contributed by atoms with E-state index in [1.54, 1.807) is 18.3 Å². The molecule has 0 radical (unpaired) electrons. The molecule has 3 rings (SSSR count). The molecule has 0 aliphatic carbocycles. The topological polar surface area (TPSA) is 123 Å². The van der Waals surface area contributed by atoms with Crippen LogP contribution in [0.4, 0.5) is 5.82 Å². The molecule has 0 saturated heterocycles. The largest absolute Gasteiger partial charge is 1.00 e. The average molecular weight is 497 g/mol. The summed E-state index contributed by atoms with van der Waals surface area (Å²) in [6, 6.07) is 22.0.